The van der Waals surface area contributed by atoms with E-state index in [1.165, 1.54) is 37.1 Å². The van der Waals surface area contributed by atoms with Gasteiger partial charge < -0.3 is 14.8 Å². The Labute approximate surface area is 166 Å². The SMILES string of the molecule is COC(=O)c1ccc(C)c(NC(=O)COC(=O)CCSc2ccc(F)cc2)c1. The molecule has 0 atom stereocenters. The Morgan fingerprint density at radius 2 is 1.82 bits per heavy atom. The highest BCUT2D eigenvalue weighted by atomic mass is 32.2. The van der Waals surface area contributed by atoms with E-state index >= 15 is 0 Å². The van der Waals surface area contributed by atoms with Crippen molar-refractivity contribution in [3.8, 4) is 0 Å². The van der Waals surface area contributed by atoms with Crippen molar-refractivity contribution in [1.82, 2.24) is 0 Å². The van der Waals surface area contributed by atoms with E-state index in [-0.39, 0.29) is 12.2 Å². The highest BCUT2D eigenvalue weighted by Crippen LogP contribution is 2.19. The third kappa shape index (κ3) is 6.70. The minimum Gasteiger partial charge on any atom is -0.465 e. The second kappa shape index (κ2) is 10.5. The van der Waals surface area contributed by atoms with E-state index in [1.54, 1.807) is 31.2 Å². The van der Waals surface area contributed by atoms with Crippen LogP contribution in [0.15, 0.2) is 47.4 Å². The van der Waals surface area contributed by atoms with Gasteiger partial charge in [0, 0.05) is 16.3 Å². The molecule has 2 aromatic rings. The summed E-state index contributed by atoms with van der Waals surface area (Å²) in [6.07, 6.45) is 0.117. The summed E-state index contributed by atoms with van der Waals surface area (Å²) in [4.78, 5) is 36.2. The number of benzene rings is 2. The fourth-order valence-corrected chi connectivity index (χ4v) is 3.02. The monoisotopic (exact) mass is 405 g/mol. The molecule has 0 bridgehead atoms. The highest BCUT2D eigenvalue weighted by molar-refractivity contribution is 7.99. The number of ether oxygens (including phenoxy) is 2. The molecular weight excluding hydrogens is 385 g/mol. The number of anilines is 1. The van der Waals surface area contributed by atoms with Crippen LogP contribution in [0.2, 0.25) is 0 Å². The van der Waals surface area contributed by atoms with E-state index in [2.05, 4.69) is 10.1 Å². The van der Waals surface area contributed by atoms with Gasteiger partial charge in [0.15, 0.2) is 6.61 Å². The van der Waals surface area contributed by atoms with Gasteiger partial charge in [-0.15, -0.1) is 11.8 Å². The van der Waals surface area contributed by atoms with Gasteiger partial charge in [0.25, 0.3) is 5.91 Å². The second-order valence-electron chi connectivity index (χ2n) is 5.78. The summed E-state index contributed by atoms with van der Waals surface area (Å²) in [6.45, 7) is 1.34. The average Bonchev–Trinajstić information content (AvgIpc) is 2.69. The van der Waals surface area contributed by atoms with E-state index in [0.29, 0.717) is 17.0 Å². The Morgan fingerprint density at radius 3 is 2.50 bits per heavy atom. The number of aryl methyl sites for hydroxylation is 1. The number of carbonyl (C=O) groups is 3. The van der Waals surface area contributed by atoms with Gasteiger partial charge in [0.05, 0.1) is 19.1 Å². The molecule has 0 heterocycles. The van der Waals surface area contributed by atoms with Crippen molar-refractivity contribution in [1.29, 1.82) is 0 Å². The molecule has 0 aliphatic rings. The average molecular weight is 405 g/mol. The lowest BCUT2D eigenvalue weighted by Gasteiger charge is -2.10. The molecule has 0 radical (unpaired) electrons. The maximum Gasteiger partial charge on any atom is 0.337 e. The Hall–Kier alpha value is -2.87. The number of esters is 2. The van der Waals surface area contributed by atoms with Crippen LogP contribution < -0.4 is 5.32 Å². The summed E-state index contributed by atoms with van der Waals surface area (Å²) in [5.41, 5.74) is 1.50. The number of hydrogen-bond acceptors (Lipinski definition) is 6. The molecule has 0 saturated carbocycles. The quantitative estimate of drug-likeness (QED) is 0.534. The molecule has 2 aromatic carbocycles. The smallest absolute Gasteiger partial charge is 0.337 e. The van der Waals surface area contributed by atoms with Crippen LogP contribution in [0.3, 0.4) is 0 Å². The summed E-state index contributed by atoms with van der Waals surface area (Å²) in [5.74, 6) is -1.40. The number of nitrogens with one attached hydrogen (secondary N) is 1. The standard InChI is InChI=1S/C20H20FNO5S/c1-13-3-4-14(20(25)26-2)11-17(13)22-18(23)12-27-19(24)9-10-28-16-7-5-15(21)6-8-16/h3-8,11H,9-10,12H2,1-2H3,(H,22,23). The van der Waals surface area contributed by atoms with Crippen molar-refractivity contribution in [3.05, 3.63) is 59.4 Å². The summed E-state index contributed by atoms with van der Waals surface area (Å²) >= 11 is 1.39. The van der Waals surface area contributed by atoms with E-state index in [1.807, 2.05) is 0 Å². The van der Waals surface area contributed by atoms with Crippen LogP contribution in [-0.2, 0) is 19.1 Å². The van der Waals surface area contributed by atoms with E-state index in [9.17, 15) is 18.8 Å². The molecule has 0 spiro atoms. The predicted octanol–water partition coefficient (Wildman–Crippen LogP) is 3.58. The Balaban J connectivity index is 1.76. The van der Waals surface area contributed by atoms with Gasteiger partial charge in [-0.05, 0) is 48.9 Å². The molecule has 6 nitrogen and oxygen atoms in total. The zero-order valence-electron chi connectivity index (χ0n) is 15.5. The van der Waals surface area contributed by atoms with E-state index < -0.39 is 24.5 Å². The summed E-state index contributed by atoms with van der Waals surface area (Å²) < 4.78 is 22.4. The maximum atomic E-state index is 12.8. The lowest BCUT2D eigenvalue weighted by molar-refractivity contribution is -0.146. The van der Waals surface area contributed by atoms with Gasteiger partial charge in [-0.25, -0.2) is 9.18 Å². The van der Waals surface area contributed by atoms with Crippen molar-refractivity contribution >= 4 is 35.3 Å². The molecule has 0 aliphatic carbocycles. The lowest BCUT2D eigenvalue weighted by Crippen LogP contribution is -2.21. The second-order valence-corrected chi connectivity index (χ2v) is 6.95. The normalized spacial score (nSPS) is 10.2. The van der Waals surface area contributed by atoms with Crippen LogP contribution in [0, 0.1) is 12.7 Å². The molecule has 1 N–H and O–H groups in total. The molecule has 0 fully saturated rings. The van der Waals surface area contributed by atoms with Crippen molar-refractivity contribution in [2.75, 3.05) is 24.8 Å². The number of hydrogen-bond donors (Lipinski definition) is 1. The van der Waals surface area contributed by atoms with Crippen LogP contribution in [0.4, 0.5) is 10.1 Å². The molecule has 2 rings (SSSR count). The summed E-state index contributed by atoms with van der Waals surface area (Å²) in [6, 6.07) is 10.7. The zero-order chi connectivity index (χ0) is 20.5. The van der Waals surface area contributed by atoms with Gasteiger partial charge >= 0.3 is 11.9 Å². The van der Waals surface area contributed by atoms with Crippen LogP contribution in [0.25, 0.3) is 0 Å². The molecule has 0 unspecified atom stereocenters. The first kappa shape index (κ1) is 21.4. The molecule has 0 saturated heterocycles. The van der Waals surface area contributed by atoms with Crippen molar-refractivity contribution in [2.24, 2.45) is 0 Å². The number of amides is 1. The fourth-order valence-electron chi connectivity index (χ4n) is 2.19. The predicted molar refractivity (Wildman–Crippen MR) is 104 cm³/mol. The molecule has 8 heteroatoms. The highest BCUT2D eigenvalue weighted by Gasteiger charge is 2.12. The Morgan fingerprint density at radius 1 is 1.11 bits per heavy atom. The molecule has 1 amide bonds. The number of halogens is 1. The summed E-state index contributed by atoms with van der Waals surface area (Å²) in [5, 5.41) is 2.61. The lowest BCUT2D eigenvalue weighted by atomic mass is 10.1. The van der Waals surface area contributed by atoms with Crippen LogP contribution in [0.5, 0.6) is 0 Å². The minimum absolute atomic E-state index is 0.117. The number of carbonyl (C=O) groups excluding carboxylic acids is 3. The first-order valence-corrected chi connectivity index (χ1v) is 9.40. The maximum absolute atomic E-state index is 12.8. The largest absolute Gasteiger partial charge is 0.465 e. The molecule has 28 heavy (non-hydrogen) atoms. The van der Waals surface area contributed by atoms with E-state index in [0.717, 1.165) is 10.5 Å². The van der Waals surface area contributed by atoms with Gasteiger partial charge in [-0.3, -0.25) is 9.59 Å². The molecule has 148 valence electrons. The minimum atomic E-state index is -0.513. The Kier molecular flexibility index (Phi) is 8.01. The van der Waals surface area contributed by atoms with E-state index in [4.69, 9.17) is 4.74 Å². The molecular formula is C20H20FNO5S. The van der Waals surface area contributed by atoms with Crippen LogP contribution in [0.1, 0.15) is 22.3 Å². The fraction of sp³-hybridized carbons (Fsp3) is 0.250. The summed E-state index contributed by atoms with van der Waals surface area (Å²) in [7, 11) is 1.27. The zero-order valence-corrected chi connectivity index (χ0v) is 16.3. The van der Waals surface area contributed by atoms with Gasteiger partial charge in [0.1, 0.15) is 5.82 Å². The van der Waals surface area contributed by atoms with Crippen LogP contribution in [-0.4, -0.2) is 37.3 Å². The molecule has 0 aliphatic heterocycles. The topological polar surface area (TPSA) is 81.7 Å². The van der Waals surface area contributed by atoms with Gasteiger partial charge in [-0.2, -0.15) is 0 Å². The van der Waals surface area contributed by atoms with Crippen molar-refractivity contribution < 1.29 is 28.2 Å². The number of methoxy groups -OCH3 is 1. The van der Waals surface area contributed by atoms with Crippen molar-refractivity contribution in [3.63, 3.8) is 0 Å². The first-order valence-electron chi connectivity index (χ1n) is 8.42. The van der Waals surface area contributed by atoms with Gasteiger partial charge in [-0.1, -0.05) is 6.07 Å². The number of thioether (sulfide) groups is 1. The molecule has 0 aromatic heterocycles. The Bertz CT molecular complexity index is 854. The first-order chi connectivity index (χ1) is 13.4. The third-order valence-electron chi connectivity index (χ3n) is 3.69. The number of rotatable bonds is 8. The van der Waals surface area contributed by atoms with Gasteiger partial charge in [0.2, 0.25) is 0 Å². The van der Waals surface area contributed by atoms with Crippen LogP contribution >= 0.6 is 11.8 Å². The third-order valence-corrected chi connectivity index (χ3v) is 4.70. The van der Waals surface area contributed by atoms with Crippen molar-refractivity contribution in [2.45, 2.75) is 18.2 Å².